The number of unbranched alkanes of at least 4 members (excludes halogenated alkanes) is 1. The number of aromatic nitrogens is 4. The van der Waals surface area contributed by atoms with Crippen LogP contribution in [0.2, 0.25) is 0 Å². The van der Waals surface area contributed by atoms with E-state index in [2.05, 4.69) is 20.5 Å². The van der Waals surface area contributed by atoms with E-state index in [4.69, 9.17) is 5.73 Å². The Bertz CT molecular complexity index is 1170. The monoisotopic (exact) mass is 475 g/mol. The van der Waals surface area contributed by atoms with Crippen LogP contribution in [-0.2, 0) is 17.9 Å². The zero-order chi connectivity index (χ0) is 23.1. The van der Waals surface area contributed by atoms with E-state index >= 15 is 0 Å². The second-order valence-electron chi connectivity index (χ2n) is 6.88. The standard InChI is InChI=1S/C20H25N7O3S2/c1-3-4-10-26-16(21)15(17(29)23-19(26)30)27(11-13-8-6-5-7-9-13)14(28)12-31-20-25-24-18(22-2)32-20/h5-9H,3-4,10-12,21H2,1-2H3,(H,22,24)(H,23,29,30). The minimum Gasteiger partial charge on any atom is -0.383 e. The van der Waals surface area contributed by atoms with Crippen molar-refractivity contribution in [2.24, 2.45) is 0 Å². The summed E-state index contributed by atoms with van der Waals surface area (Å²) >= 11 is 2.55. The second-order valence-corrected chi connectivity index (χ2v) is 9.08. The number of thioether (sulfide) groups is 1. The molecule has 0 fully saturated rings. The summed E-state index contributed by atoms with van der Waals surface area (Å²) < 4.78 is 1.93. The number of benzene rings is 1. The molecule has 2 heterocycles. The molecule has 3 rings (SSSR count). The highest BCUT2D eigenvalue weighted by molar-refractivity contribution is 8.01. The fraction of sp³-hybridized carbons (Fsp3) is 0.350. The molecule has 0 spiro atoms. The predicted octanol–water partition coefficient (Wildman–Crippen LogP) is 2.14. The largest absolute Gasteiger partial charge is 0.383 e. The first-order valence-corrected chi connectivity index (χ1v) is 11.9. The zero-order valence-electron chi connectivity index (χ0n) is 17.8. The van der Waals surface area contributed by atoms with E-state index in [0.29, 0.717) is 22.4 Å². The van der Waals surface area contributed by atoms with Gasteiger partial charge in [-0.2, -0.15) is 0 Å². The van der Waals surface area contributed by atoms with Crippen LogP contribution in [0.5, 0.6) is 0 Å². The lowest BCUT2D eigenvalue weighted by Crippen LogP contribution is -2.41. The summed E-state index contributed by atoms with van der Waals surface area (Å²) in [5, 5.41) is 11.5. The van der Waals surface area contributed by atoms with Crippen LogP contribution in [0.1, 0.15) is 25.3 Å². The molecular weight excluding hydrogens is 450 g/mol. The molecule has 1 aromatic carbocycles. The van der Waals surface area contributed by atoms with Crippen molar-refractivity contribution >= 4 is 45.6 Å². The number of carbonyl (C=O) groups is 1. The van der Waals surface area contributed by atoms with Crippen molar-refractivity contribution in [2.75, 3.05) is 28.8 Å². The normalized spacial score (nSPS) is 10.8. The zero-order valence-corrected chi connectivity index (χ0v) is 19.5. The molecule has 12 heteroatoms. The van der Waals surface area contributed by atoms with E-state index in [0.717, 1.165) is 12.0 Å². The van der Waals surface area contributed by atoms with Gasteiger partial charge in [0.05, 0.1) is 12.3 Å². The summed E-state index contributed by atoms with van der Waals surface area (Å²) in [5.74, 6) is -0.328. The molecule has 32 heavy (non-hydrogen) atoms. The van der Waals surface area contributed by atoms with Crippen molar-refractivity contribution in [3.63, 3.8) is 0 Å². The number of aromatic amines is 1. The summed E-state index contributed by atoms with van der Waals surface area (Å²) in [4.78, 5) is 42.0. The number of nitrogens with one attached hydrogen (secondary N) is 2. The van der Waals surface area contributed by atoms with Gasteiger partial charge in [-0.05, 0) is 12.0 Å². The molecule has 4 N–H and O–H groups in total. The van der Waals surface area contributed by atoms with Gasteiger partial charge in [-0.25, -0.2) is 4.79 Å². The van der Waals surface area contributed by atoms with Crippen LogP contribution >= 0.6 is 23.1 Å². The Morgan fingerprint density at radius 2 is 2.03 bits per heavy atom. The first-order chi connectivity index (χ1) is 15.4. The van der Waals surface area contributed by atoms with Crippen molar-refractivity contribution in [1.82, 2.24) is 19.7 Å². The summed E-state index contributed by atoms with van der Waals surface area (Å²) in [6.07, 6.45) is 1.56. The van der Waals surface area contributed by atoms with Crippen molar-refractivity contribution in [3.8, 4) is 0 Å². The van der Waals surface area contributed by atoms with Crippen molar-refractivity contribution in [3.05, 3.63) is 56.7 Å². The first kappa shape index (κ1) is 23.5. The molecule has 3 aromatic rings. The van der Waals surface area contributed by atoms with Crippen LogP contribution in [-0.4, -0.2) is 38.5 Å². The number of hydrogen-bond acceptors (Lipinski definition) is 9. The number of nitrogens with two attached hydrogens (primary N) is 1. The van der Waals surface area contributed by atoms with Gasteiger partial charge in [-0.3, -0.25) is 24.0 Å². The average Bonchev–Trinajstić information content (AvgIpc) is 3.25. The molecule has 0 saturated heterocycles. The van der Waals surface area contributed by atoms with E-state index in [1.54, 1.807) is 7.05 Å². The number of rotatable bonds is 10. The lowest BCUT2D eigenvalue weighted by Gasteiger charge is -2.24. The Labute approximate surface area is 192 Å². The first-order valence-electron chi connectivity index (χ1n) is 10.1. The van der Waals surface area contributed by atoms with Gasteiger partial charge in [0.2, 0.25) is 11.0 Å². The van der Waals surface area contributed by atoms with E-state index in [1.807, 2.05) is 37.3 Å². The molecule has 0 radical (unpaired) electrons. The van der Waals surface area contributed by atoms with Gasteiger partial charge in [0.15, 0.2) is 10.0 Å². The molecule has 0 saturated carbocycles. The van der Waals surface area contributed by atoms with Crippen molar-refractivity contribution in [2.45, 2.75) is 37.2 Å². The van der Waals surface area contributed by atoms with E-state index < -0.39 is 11.2 Å². The molecule has 0 bridgehead atoms. The number of nitrogen functional groups attached to an aromatic ring is 1. The van der Waals surface area contributed by atoms with E-state index in [-0.39, 0.29) is 29.7 Å². The Morgan fingerprint density at radius 1 is 1.28 bits per heavy atom. The maximum atomic E-state index is 13.3. The number of anilines is 3. The van der Waals surface area contributed by atoms with Crippen LogP contribution in [0.15, 0.2) is 44.3 Å². The summed E-state index contributed by atoms with van der Waals surface area (Å²) in [6.45, 7) is 2.48. The highest BCUT2D eigenvalue weighted by Gasteiger charge is 2.25. The topological polar surface area (TPSA) is 139 Å². The minimum absolute atomic E-state index is 0.0186. The van der Waals surface area contributed by atoms with Crippen LogP contribution in [0, 0.1) is 0 Å². The summed E-state index contributed by atoms with van der Waals surface area (Å²) in [7, 11) is 1.74. The molecule has 0 aliphatic heterocycles. The van der Waals surface area contributed by atoms with Crippen molar-refractivity contribution < 1.29 is 4.79 Å². The molecule has 0 aliphatic carbocycles. The number of H-pyrrole nitrogens is 1. The minimum atomic E-state index is -0.692. The molecular formula is C20H25N7O3S2. The predicted molar refractivity (Wildman–Crippen MR) is 128 cm³/mol. The molecule has 1 amide bonds. The maximum absolute atomic E-state index is 13.3. The number of carbonyl (C=O) groups excluding carboxylic acids is 1. The maximum Gasteiger partial charge on any atom is 0.330 e. The third kappa shape index (κ3) is 5.56. The fourth-order valence-electron chi connectivity index (χ4n) is 3.00. The van der Waals surface area contributed by atoms with E-state index in [9.17, 15) is 14.4 Å². The lowest BCUT2D eigenvalue weighted by atomic mass is 10.2. The summed E-state index contributed by atoms with van der Waals surface area (Å²) in [6, 6.07) is 9.28. The molecule has 0 atom stereocenters. The third-order valence-electron chi connectivity index (χ3n) is 4.64. The van der Waals surface area contributed by atoms with Gasteiger partial charge in [0.1, 0.15) is 5.82 Å². The van der Waals surface area contributed by atoms with Gasteiger partial charge >= 0.3 is 5.69 Å². The Morgan fingerprint density at radius 3 is 2.69 bits per heavy atom. The van der Waals surface area contributed by atoms with Crippen LogP contribution in [0.4, 0.5) is 16.6 Å². The van der Waals surface area contributed by atoms with Gasteiger partial charge in [-0.15, -0.1) is 10.2 Å². The van der Waals surface area contributed by atoms with Gasteiger partial charge in [0, 0.05) is 13.6 Å². The van der Waals surface area contributed by atoms with Gasteiger partial charge in [0.25, 0.3) is 5.56 Å². The quantitative estimate of drug-likeness (QED) is 0.379. The molecule has 0 unspecified atom stereocenters. The van der Waals surface area contributed by atoms with Crippen LogP contribution in [0.25, 0.3) is 0 Å². The van der Waals surface area contributed by atoms with Crippen molar-refractivity contribution in [1.29, 1.82) is 0 Å². The highest BCUT2D eigenvalue weighted by Crippen LogP contribution is 2.27. The smallest absolute Gasteiger partial charge is 0.330 e. The molecule has 170 valence electrons. The SMILES string of the molecule is CCCCn1c(N)c(N(Cc2ccccc2)C(=O)CSc2nnc(NC)s2)c(=O)[nH]c1=O. The Hall–Kier alpha value is -3.12. The Kier molecular flexibility index (Phi) is 8.06. The van der Waals surface area contributed by atoms with E-state index in [1.165, 1.54) is 32.6 Å². The van der Waals surface area contributed by atoms with Gasteiger partial charge < -0.3 is 11.1 Å². The average molecular weight is 476 g/mol. The van der Waals surface area contributed by atoms with Crippen LogP contribution in [0.3, 0.4) is 0 Å². The molecule has 2 aromatic heterocycles. The number of amides is 1. The molecule has 10 nitrogen and oxygen atoms in total. The third-order valence-corrected chi connectivity index (χ3v) is 6.70. The van der Waals surface area contributed by atoms with Crippen LogP contribution < -0.4 is 27.2 Å². The lowest BCUT2D eigenvalue weighted by molar-refractivity contribution is -0.116. The Balaban J connectivity index is 1.96. The highest BCUT2D eigenvalue weighted by atomic mass is 32.2. The van der Waals surface area contributed by atoms with Gasteiger partial charge in [-0.1, -0.05) is 66.8 Å². The fourth-order valence-corrected chi connectivity index (χ4v) is 4.59. The number of hydrogen-bond donors (Lipinski definition) is 3. The number of nitrogens with zero attached hydrogens (tertiary/aromatic N) is 4. The second kappa shape index (κ2) is 11.0. The molecule has 0 aliphatic rings. The summed E-state index contributed by atoms with van der Waals surface area (Å²) in [5.41, 5.74) is 5.78.